The number of carbonyl (C=O) groups excluding carboxylic acids is 1. The zero-order chi connectivity index (χ0) is 21.9. The van der Waals surface area contributed by atoms with Gasteiger partial charge in [-0.25, -0.2) is 4.39 Å². The van der Waals surface area contributed by atoms with Crippen molar-refractivity contribution in [3.8, 4) is 0 Å². The van der Waals surface area contributed by atoms with Gasteiger partial charge in [0.25, 0.3) is 0 Å². The van der Waals surface area contributed by atoms with Gasteiger partial charge in [0, 0.05) is 45.7 Å². The Bertz CT molecular complexity index is 700. The predicted molar refractivity (Wildman–Crippen MR) is 120 cm³/mol. The molecule has 31 heavy (non-hydrogen) atoms. The molecule has 1 aliphatic carbocycles. The molecular weight excluding hydrogens is 397 g/mol. The Morgan fingerprint density at radius 1 is 1.10 bits per heavy atom. The fraction of sp³-hybridized carbons (Fsp3) is 0.652. The van der Waals surface area contributed by atoms with Crippen LogP contribution in [0.15, 0.2) is 29.3 Å². The molecular formula is C23H36FN5O2. The first-order valence-electron chi connectivity index (χ1n) is 11.5. The van der Waals surface area contributed by atoms with Crippen molar-refractivity contribution < 1.29 is 13.9 Å². The first-order chi connectivity index (χ1) is 15.2. The zero-order valence-corrected chi connectivity index (χ0v) is 18.5. The number of aliphatic imine (C=N–C) groups is 1. The van der Waals surface area contributed by atoms with Crippen LogP contribution in [-0.4, -0.2) is 69.8 Å². The van der Waals surface area contributed by atoms with Crippen molar-refractivity contribution in [2.75, 3.05) is 53.0 Å². The van der Waals surface area contributed by atoms with Crippen LogP contribution in [0.3, 0.4) is 0 Å². The van der Waals surface area contributed by atoms with E-state index in [9.17, 15) is 9.18 Å². The number of hydrogen-bond acceptors (Lipinski definition) is 4. The van der Waals surface area contributed by atoms with E-state index >= 15 is 0 Å². The highest BCUT2D eigenvalue weighted by Gasteiger charge is 2.23. The van der Waals surface area contributed by atoms with Crippen LogP contribution in [0.2, 0.25) is 0 Å². The second-order valence-corrected chi connectivity index (χ2v) is 8.22. The largest absolute Gasteiger partial charge is 0.379 e. The van der Waals surface area contributed by atoms with Gasteiger partial charge in [-0.2, -0.15) is 0 Å². The van der Waals surface area contributed by atoms with Gasteiger partial charge in [0.1, 0.15) is 5.82 Å². The van der Waals surface area contributed by atoms with E-state index in [0.29, 0.717) is 38.8 Å². The van der Waals surface area contributed by atoms with Gasteiger partial charge in [-0.15, -0.1) is 0 Å². The van der Waals surface area contributed by atoms with Crippen molar-refractivity contribution >= 4 is 11.9 Å². The van der Waals surface area contributed by atoms with Gasteiger partial charge in [-0.05, 0) is 30.5 Å². The third-order valence-electron chi connectivity index (χ3n) is 6.12. The number of amides is 1. The molecule has 0 bridgehead atoms. The molecule has 1 atom stereocenters. The molecule has 0 radical (unpaired) electrons. The average Bonchev–Trinajstić information content (AvgIpc) is 2.82. The zero-order valence-electron chi connectivity index (χ0n) is 18.5. The Balaban J connectivity index is 1.46. The first-order valence-corrected chi connectivity index (χ1v) is 11.5. The second kappa shape index (κ2) is 12.6. The van der Waals surface area contributed by atoms with Gasteiger partial charge in [0.2, 0.25) is 5.91 Å². The Hall–Kier alpha value is -2.19. The summed E-state index contributed by atoms with van der Waals surface area (Å²) < 4.78 is 18.9. The molecule has 172 valence electrons. The molecule has 1 heterocycles. The maximum absolute atomic E-state index is 13.4. The Morgan fingerprint density at radius 2 is 1.77 bits per heavy atom. The summed E-state index contributed by atoms with van der Waals surface area (Å²) in [6, 6.07) is 6.78. The number of guanidine groups is 1. The molecule has 2 aliphatic rings. The molecule has 2 fully saturated rings. The van der Waals surface area contributed by atoms with Crippen LogP contribution < -0.4 is 16.0 Å². The molecule has 3 rings (SSSR count). The van der Waals surface area contributed by atoms with Crippen LogP contribution in [0.25, 0.3) is 0 Å². The maximum Gasteiger partial charge on any atom is 0.223 e. The summed E-state index contributed by atoms with van der Waals surface area (Å²) in [7, 11) is 1.73. The number of rotatable bonds is 8. The molecule has 1 aliphatic heterocycles. The fourth-order valence-electron chi connectivity index (χ4n) is 4.32. The van der Waals surface area contributed by atoms with Crippen molar-refractivity contribution in [2.24, 2.45) is 10.9 Å². The molecule has 3 N–H and O–H groups in total. The third-order valence-corrected chi connectivity index (χ3v) is 6.12. The van der Waals surface area contributed by atoms with Crippen LogP contribution in [0.5, 0.6) is 0 Å². The number of benzene rings is 1. The lowest BCUT2D eigenvalue weighted by molar-refractivity contribution is -0.125. The minimum atomic E-state index is -0.231. The van der Waals surface area contributed by atoms with Crippen molar-refractivity contribution in [2.45, 2.75) is 38.1 Å². The smallest absolute Gasteiger partial charge is 0.223 e. The molecule has 7 nitrogen and oxygen atoms in total. The van der Waals surface area contributed by atoms with E-state index in [2.05, 4.69) is 25.8 Å². The number of halogens is 1. The Kier molecular flexibility index (Phi) is 9.55. The highest BCUT2D eigenvalue weighted by Crippen LogP contribution is 2.23. The van der Waals surface area contributed by atoms with Crippen molar-refractivity contribution in [3.05, 3.63) is 35.6 Å². The average molecular weight is 434 g/mol. The lowest BCUT2D eigenvalue weighted by atomic mass is 9.89. The third kappa shape index (κ3) is 7.47. The summed E-state index contributed by atoms with van der Waals surface area (Å²) in [5.41, 5.74) is 1.06. The minimum Gasteiger partial charge on any atom is -0.379 e. The normalized spacial score (nSPS) is 19.6. The molecule has 8 heteroatoms. The minimum absolute atomic E-state index is 0.0917. The number of carbonyl (C=O) groups is 1. The molecule has 1 unspecified atom stereocenters. The summed E-state index contributed by atoms with van der Waals surface area (Å²) in [6.07, 6.45) is 5.58. The molecule has 1 amide bonds. The fourth-order valence-corrected chi connectivity index (χ4v) is 4.32. The summed E-state index contributed by atoms with van der Waals surface area (Å²) in [5, 5.41) is 9.69. The van der Waals surface area contributed by atoms with Crippen LogP contribution >= 0.6 is 0 Å². The molecule has 1 saturated carbocycles. The van der Waals surface area contributed by atoms with Crippen LogP contribution in [0.1, 0.15) is 43.7 Å². The molecule has 1 saturated heterocycles. The molecule has 1 aromatic rings. The van der Waals surface area contributed by atoms with Gasteiger partial charge in [0.15, 0.2) is 5.96 Å². The van der Waals surface area contributed by atoms with Crippen LogP contribution in [-0.2, 0) is 9.53 Å². The van der Waals surface area contributed by atoms with Gasteiger partial charge in [-0.3, -0.25) is 14.7 Å². The van der Waals surface area contributed by atoms with E-state index in [1.807, 2.05) is 12.1 Å². The lowest BCUT2D eigenvalue weighted by Crippen LogP contribution is -2.47. The van der Waals surface area contributed by atoms with Crippen LogP contribution in [0.4, 0.5) is 4.39 Å². The summed E-state index contributed by atoms with van der Waals surface area (Å²) in [6.45, 7) is 4.89. The van der Waals surface area contributed by atoms with Crippen molar-refractivity contribution in [1.82, 2.24) is 20.9 Å². The van der Waals surface area contributed by atoms with Gasteiger partial charge in [0.05, 0.1) is 19.3 Å². The van der Waals surface area contributed by atoms with Crippen molar-refractivity contribution in [1.29, 1.82) is 0 Å². The van der Waals surface area contributed by atoms with E-state index < -0.39 is 0 Å². The van der Waals surface area contributed by atoms with Gasteiger partial charge in [-0.1, -0.05) is 31.4 Å². The summed E-state index contributed by atoms with van der Waals surface area (Å²) >= 11 is 0. The maximum atomic E-state index is 13.4. The SMILES string of the molecule is CN=C(NCCNC(=O)C1CCCCC1)NCC(c1ccc(F)cc1)N1CCOCC1. The van der Waals surface area contributed by atoms with E-state index in [4.69, 9.17) is 4.74 Å². The molecule has 1 aromatic carbocycles. The lowest BCUT2D eigenvalue weighted by Gasteiger charge is -2.35. The highest BCUT2D eigenvalue weighted by atomic mass is 19.1. The second-order valence-electron chi connectivity index (χ2n) is 8.22. The van der Waals surface area contributed by atoms with Gasteiger partial charge < -0.3 is 20.7 Å². The number of nitrogens with one attached hydrogen (secondary N) is 3. The standard InChI is InChI=1S/C23H36FN5O2/c1-25-23(27-12-11-26-22(30)19-5-3-2-4-6-19)28-17-21(29-13-15-31-16-14-29)18-7-9-20(24)10-8-18/h7-10,19,21H,2-6,11-17H2,1H3,(H,26,30)(H2,25,27,28). The predicted octanol–water partition coefficient (Wildman–Crippen LogP) is 2.06. The van der Waals surface area contributed by atoms with E-state index in [-0.39, 0.29) is 23.7 Å². The number of morpholine rings is 1. The quantitative estimate of drug-likeness (QED) is 0.332. The van der Waals surface area contributed by atoms with Crippen LogP contribution in [0, 0.1) is 11.7 Å². The number of nitrogens with zero attached hydrogens (tertiary/aromatic N) is 2. The van der Waals surface area contributed by atoms with E-state index in [0.717, 1.165) is 44.3 Å². The number of ether oxygens (including phenoxy) is 1. The van der Waals surface area contributed by atoms with Gasteiger partial charge >= 0.3 is 0 Å². The van der Waals surface area contributed by atoms with E-state index in [1.165, 1.54) is 18.6 Å². The Labute approximate surface area is 184 Å². The Morgan fingerprint density at radius 3 is 2.45 bits per heavy atom. The molecule has 0 aromatic heterocycles. The highest BCUT2D eigenvalue weighted by molar-refractivity contribution is 5.80. The van der Waals surface area contributed by atoms with E-state index in [1.54, 1.807) is 7.05 Å². The summed E-state index contributed by atoms with van der Waals surface area (Å²) in [5.74, 6) is 0.807. The number of hydrogen-bond donors (Lipinski definition) is 3. The summed E-state index contributed by atoms with van der Waals surface area (Å²) in [4.78, 5) is 18.9. The monoisotopic (exact) mass is 433 g/mol. The van der Waals surface area contributed by atoms with Crippen molar-refractivity contribution in [3.63, 3.8) is 0 Å². The topological polar surface area (TPSA) is 78.0 Å². The first kappa shape index (κ1) is 23.5. The molecule has 0 spiro atoms.